The second kappa shape index (κ2) is 13.8. The highest BCUT2D eigenvalue weighted by Crippen LogP contribution is 2.63. The van der Waals surface area contributed by atoms with Crippen molar-refractivity contribution in [1.82, 2.24) is 0 Å². The van der Waals surface area contributed by atoms with Gasteiger partial charge < -0.3 is 9.64 Å². The molecule has 0 saturated heterocycles. The van der Waals surface area contributed by atoms with E-state index in [1.165, 1.54) is 88.7 Å². The average Bonchev–Trinajstić information content (AvgIpc) is 3.75. The Kier molecular flexibility index (Phi) is 7.90. The molecule has 2 aliphatic carbocycles. The molecule has 302 valence electrons. The maximum atomic E-state index is 6.68. The van der Waals surface area contributed by atoms with Crippen LogP contribution in [0.25, 0.3) is 55.3 Å². The van der Waals surface area contributed by atoms with E-state index in [1.54, 1.807) is 0 Å². The summed E-state index contributed by atoms with van der Waals surface area (Å²) in [7, 11) is 0. The monoisotopic (exact) mass is 817 g/mol. The summed E-state index contributed by atoms with van der Waals surface area (Å²) in [5, 5.41) is 2.48. The first-order valence-corrected chi connectivity index (χ1v) is 22.3. The zero-order valence-electron chi connectivity index (χ0n) is 35.7. The summed E-state index contributed by atoms with van der Waals surface area (Å²) in [5.41, 5.74) is 20.3. The summed E-state index contributed by atoms with van der Waals surface area (Å²) in [6.07, 6.45) is 0. The van der Waals surface area contributed by atoms with Gasteiger partial charge in [-0.3, -0.25) is 0 Å². The minimum absolute atomic E-state index is 0.114. The number of nitrogens with zero attached hydrogens (tertiary/aromatic N) is 1. The summed E-state index contributed by atoms with van der Waals surface area (Å²) < 4.78 is 6.68. The van der Waals surface area contributed by atoms with E-state index in [0.29, 0.717) is 0 Å². The molecule has 2 nitrogen and oxygen atoms in total. The van der Waals surface area contributed by atoms with Crippen molar-refractivity contribution in [1.29, 1.82) is 0 Å². The van der Waals surface area contributed by atoms with Gasteiger partial charge in [-0.1, -0.05) is 172 Å². The topological polar surface area (TPSA) is 12.5 Å². The zero-order chi connectivity index (χ0) is 42.6. The van der Waals surface area contributed by atoms with Gasteiger partial charge in [-0.05, 0) is 144 Å². The molecule has 0 amide bonds. The lowest BCUT2D eigenvalue weighted by molar-refractivity contribution is 0.436. The Morgan fingerprint density at radius 2 is 0.781 bits per heavy atom. The fourth-order valence-electron chi connectivity index (χ4n) is 11.3. The number of hydrogen-bond donors (Lipinski definition) is 0. The molecular formula is C62H43NO. The van der Waals surface area contributed by atoms with Crippen LogP contribution < -0.4 is 9.64 Å². The molecule has 0 saturated carbocycles. The molecule has 0 aromatic heterocycles. The largest absolute Gasteiger partial charge is 0.457 e. The van der Waals surface area contributed by atoms with Crippen LogP contribution in [0.4, 0.5) is 17.1 Å². The molecule has 13 rings (SSSR count). The molecule has 0 N–H and O–H groups in total. The van der Waals surface area contributed by atoms with Gasteiger partial charge in [0.1, 0.15) is 11.5 Å². The predicted molar refractivity (Wildman–Crippen MR) is 264 cm³/mol. The number of para-hydroxylation sites is 2. The number of rotatable bonds is 5. The van der Waals surface area contributed by atoms with Crippen LogP contribution in [0.5, 0.6) is 11.5 Å². The highest BCUT2D eigenvalue weighted by Gasteiger charge is 2.51. The standard InChI is InChI=1S/C62H43NO/c1-61(2)53-19-9-8-18-49(53)50-35-33-48(39-56(50)61)63(46-29-24-41(25-30-46)40-14-4-3-5-15-40)47-31-26-42(27-32-47)45-28-34-51-52-36-43-16-6-7-17-44(43)37-58(52)62(57(51)38-45)54-20-10-12-22-59(54)64-60-23-13-11-21-55(60)62/h3-39H,1-2H3. The third-order valence-corrected chi connectivity index (χ3v) is 14.3. The highest BCUT2D eigenvalue weighted by molar-refractivity contribution is 5.98. The average molecular weight is 818 g/mol. The number of hydrogen-bond acceptors (Lipinski definition) is 2. The molecule has 10 aromatic rings. The molecule has 64 heavy (non-hydrogen) atoms. The highest BCUT2D eigenvalue weighted by atomic mass is 16.5. The van der Waals surface area contributed by atoms with E-state index in [4.69, 9.17) is 4.74 Å². The van der Waals surface area contributed by atoms with E-state index >= 15 is 0 Å². The number of anilines is 3. The molecule has 1 heterocycles. The maximum Gasteiger partial charge on any atom is 0.132 e. The number of fused-ring (bicyclic) bond motifs is 13. The lowest BCUT2D eigenvalue weighted by Gasteiger charge is -2.39. The summed E-state index contributed by atoms with van der Waals surface area (Å²) in [5.74, 6) is 1.80. The summed E-state index contributed by atoms with van der Waals surface area (Å²) in [6, 6.07) is 82.6. The summed E-state index contributed by atoms with van der Waals surface area (Å²) in [6.45, 7) is 4.71. The number of benzene rings is 10. The Labute approximate surface area is 374 Å². The molecule has 1 aliphatic heterocycles. The molecule has 0 radical (unpaired) electrons. The molecule has 0 atom stereocenters. The molecular weight excluding hydrogens is 775 g/mol. The van der Waals surface area contributed by atoms with Crippen molar-refractivity contribution in [3.05, 3.63) is 258 Å². The zero-order valence-corrected chi connectivity index (χ0v) is 35.7. The van der Waals surface area contributed by atoms with Gasteiger partial charge in [0.15, 0.2) is 0 Å². The smallest absolute Gasteiger partial charge is 0.132 e. The SMILES string of the molecule is CC1(C)c2ccccc2-c2ccc(N(c3ccc(-c4ccccc4)cc3)c3ccc(-c4ccc5c(c4)C4(c6ccccc6Oc6ccccc64)c4cc6ccccc6cc4-5)cc3)cc21. The van der Waals surface area contributed by atoms with Crippen molar-refractivity contribution in [2.24, 2.45) is 0 Å². The van der Waals surface area contributed by atoms with Crippen LogP contribution in [0.2, 0.25) is 0 Å². The lowest BCUT2D eigenvalue weighted by Crippen LogP contribution is -2.32. The Hall–Kier alpha value is -7.94. The van der Waals surface area contributed by atoms with Crippen LogP contribution in [0, 0.1) is 0 Å². The molecule has 1 spiro atoms. The minimum Gasteiger partial charge on any atom is -0.457 e. The fourth-order valence-corrected chi connectivity index (χ4v) is 11.3. The van der Waals surface area contributed by atoms with Gasteiger partial charge >= 0.3 is 0 Å². The minimum atomic E-state index is -0.556. The Bertz CT molecular complexity index is 3440. The van der Waals surface area contributed by atoms with Gasteiger partial charge in [0.05, 0.1) is 5.41 Å². The van der Waals surface area contributed by atoms with Crippen molar-refractivity contribution in [3.63, 3.8) is 0 Å². The second-order valence-corrected chi connectivity index (χ2v) is 18.0. The van der Waals surface area contributed by atoms with Crippen molar-refractivity contribution >= 4 is 27.8 Å². The van der Waals surface area contributed by atoms with Gasteiger partial charge in [-0.25, -0.2) is 0 Å². The Morgan fingerprint density at radius 3 is 1.47 bits per heavy atom. The van der Waals surface area contributed by atoms with Crippen molar-refractivity contribution in [2.45, 2.75) is 24.7 Å². The van der Waals surface area contributed by atoms with E-state index in [-0.39, 0.29) is 5.41 Å². The third-order valence-electron chi connectivity index (χ3n) is 14.3. The first-order valence-electron chi connectivity index (χ1n) is 22.3. The fraction of sp³-hybridized carbons (Fsp3) is 0.0645. The molecule has 0 fully saturated rings. The van der Waals surface area contributed by atoms with E-state index in [9.17, 15) is 0 Å². The first-order chi connectivity index (χ1) is 31.5. The summed E-state index contributed by atoms with van der Waals surface area (Å²) in [4.78, 5) is 2.41. The molecule has 3 aliphatic rings. The third kappa shape index (κ3) is 5.26. The van der Waals surface area contributed by atoms with Gasteiger partial charge in [-0.2, -0.15) is 0 Å². The second-order valence-electron chi connectivity index (χ2n) is 18.0. The summed E-state index contributed by atoms with van der Waals surface area (Å²) >= 11 is 0. The van der Waals surface area contributed by atoms with Gasteiger partial charge in [0.2, 0.25) is 0 Å². The number of ether oxygens (including phenoxy) is 1. The van der Waals surface area contributed by atoms with Crippen molar-refractivity contribution < 1.29 is 4.74 Å². The Morgan fingerprint density at radius 1 is 0.312 bits per heavy atom. The molecule has 2 heteroatoms. The molecule has 10 aromatic carbocycles. The first kappa shape index (κ1) is 36.7. The van der Waals surface area contributed by atoms with E-state index < -0.39 is 5.41 Å². The van der Waals surface area contributed by atoms with E-state index in [1.807, 2.05) is 0 Å². The van der Waals surface area contributed by atoms with Crippen LogP contribution in [0.1, 0.15) is 47.2 Å². The van der Waals surface area contributed by atoms with Gasteiger partial charge in [-0.15, -0.1) is 0 Å². The van der Waals surface area contributed by atoms with E-state index in [0.717, 1.165) is 28.6 Å². The quantitative estimate of drug-likeness (QED) is 0.172. The van der Waals surface area contributed by atoms with Crippen LogP contribution in [0.15, 0.2) is 224 Å². The lowest BCUT2D eigenvalue weighted by atomic mass is 9.65. The maximum absolute atomic E-state index is 6.68. The van der Waals surface area contributed by atoms with E-state index in [2.05, 4.69) is 243 Å². The van der Waals surface area contributed by atoms with Crippen LogP contribution in [-0.4, -0.2) is 0 Å². The van der Waals surface area contributed by atoms with Crippen LogP contribution in [0.3, 0.4) is 0 Å². The normalized spacial score (nSPS) is 14.2. The van der Waals surface area contributed by atoms with Gasteiger partial charge in [0, 0.05) is 33.6 Å². The molecule has 0 unspecified atom stereocenters. The predicted octanol–water partition coefficient (Wildman–Crippen LogP) is 16.4. The van der Waals surface area contributed by atoms with Crippen LogP contribution in [-0.2, 0) is 10.8 Å². The van der Waals surface area contributed by atoms with Crippen molar-refractivity contribution in [2.75, 3.05) is 4.90 Å². The van der Waals surface area contributed by atoms with Crippen molar-refractivity contribution in [3.8, 4) is 56.0 Å². The molecule has 0 bridgehead atoms. The van der Waals surface area contributed by atoms with Gasteiger partial charge in [0.25, 0.3) is 0 Å². The Balaban J connectivity index is 0.957. The van der Waals surface area contributed by atoms with Crippen LogP contribution >= 0.6 is 0 Å².